The number of aromatic nitrogens is 1. The summed E-state index contributed by atoms with van der Waals surface area (Å²) in [7, 11) is 0. The van der Waals surface area contributed by atoms with Crippen molar-refractivity contribution in [3.05, 3.63) is 36.2 Å². The Balaban J connectivity index is 1.87. The number of hydrogen-bond donors (Lipinski definition) is 1. The van der Waals surface area contributed by atoms with Crippen molar-refractivity contribution >= 4 is 5.97 Å². The normalized spacial score (nSPS) is 15.4. The van der Waals surface area contributed by atoms with Crippen molar-refractivity contribution in [2.45, 2.75) is 12.8 Å². The molecule has 16 heavy (non-hydrogen) atoms. The lowest BCUT2D eigenvalue weighted by molar-refractivity contribution is -0.133. The Bertz CT molecular complexity index is 387. The van der Waals surface area contributed by atoms with Gasteiger partial charge in [-0.2, -0.15) is 0 Å². The molecular formula is C12H14N2O2. The minimum Gasteiger partial charge on any atom is -0.425 e. The maximum atomic E-state index is 11.6. The SMILES string of the molecule is O=C(CC1=CCNCC1)Oc1cccnc1. The predicted octanol–water partition coefficient (Wildman–Crippen LogP) is 1.30. The van der Waals surface area contributed by atoms with E-state index in [1.807, 2.05) is 6.08 Å². The Morgan fingerprint density at radius 3 is 3.19 bits per heavy atom. The zero-order valence-electron chi connectivity index (χ0n) is 8.98. The van der Waals surface area contributed by atoms with Crippen LogP contribution in [0.1, 0.15) is 12.8 Å². The third kappa shape index (κ3) is 3.17. The van der Waals surface area contributed by atoms with Crippen LogP contribution in [0.3, 0.4) is 0 Å². The van der Waals surface area contributed by atoms with Crippen LogP contribution in [0.15, 0.2) is 36.2 Å². The topological polar surface area (TPSA) is 51.2 Å². The minimum atomic E-state index is -0.221. The molecule has 0 spiro atoms. The second kappa shape index (κ2) is 5.42. The molecule has 1 aromatic heterocycles. The summed E-state index contributed by atoms with van der Waals surface area (Å²) in [6.07, 6.45) is 6.52. The highest BCUT2D eigenvalue weighted by atomic mass is 16.5. The molecule has 0 aromatic carbocycles. The zero-order valence-corrected chi connectivity index (χ0v) is 8.98. The van der Waals surface area contributed by atoms with Gasteiger partial charge in [-0.3, -0.25) is 9.78 Å². The number of nitrogens with zero attached hydrogens (tertiary/aromatic N) is 1. The molecule has 2 rings (SSSR count). The third-order valence-corrected chi connectivity index (χ3v) is 2.40. The molecule has 0 saturated carbocycles. The van der Waals surface area contributed by atoms with Crippen molar-refractivity contribution in [1.29, 1.82) is 0 Å². The molecule has 4 heteroatoms. The van der Waals surface area contributed by atoms with Crippen LogP contribution in [0.2, 0.25) is 0 Å². The largest absolute Gasteiger partial charge is 0.425 e. The smallest absolute Gasteiger partial charge is 0.315 e. The highest BCUT2D eigenvalue weighted by Gasteiger charge is 2.10. The van der Waals surface area contributed by atoms with Gasteiger partial charge < -0.3 is 10.1 Å². The zero-order chi connectivity index (χ0) is 11.2. The number of esters is 1. The van der Waals surface area contributed by atoms with Crippen molar-refractivity contribution in [2.75, 3.05) is 13.1 Å². The van der Waals surface area contributed by atoms with Gasteiger partial charge in [0.1, 0.15) is 5.75 Å². The van der Waals surface area contributed by atoms with Crippen molar-refractivity contribution in [1.82, 2.24) is 10.3 Å². The van der Waals surface area contributed by atoms with E-state index >= 15 is 0 Å². The van der Waals surface area contributed by atoms with Gasteiger partial charge in [0.25, 0.3) is 0 Å². The molecule has 1 aromatic rings. The summed E-state index contributed by atoms with van der Waals surface area (Å²) in [6, 6.07) is 3.47. The van der Waals surface area contributed by atoms with Gasteiger partial charge in [0.05, 0.1) is 12.6 Å². The fourth-order valence-electron chi connectivity index (χ4n) is 1.59. The van der Waals surface area contributed by atoms with Crippen LogP contribution in [0.25, 0.3) is 0 Å². The van der Waals surface area contributed by atoms with Gasteiger partial charge >= 0.3 is 5.97 Å². The summed E-state index contributed by atoms with van der Waals surface area (Å²) < 4.78 is 5.15. The first-order valence-corrected chi connectivity index (χ1v) is 5.34. The number of nitrogens with one attached hydrogen (secondary N) is 1. The average molecular weight is 218 g/mol. The summed E-state index contributed by atoms with van der Waals surface area (Å²) >= 11 is 0. The summed E-state index contributed by atoms with van der Waals surface area (Å²) in [5.41, 5.74) is 1.15. The molecule has 1 N–H and O–H groups in total. The molecule has 4 nitrogen and oxygen atoms in total. The van der Waals surface area contributed by atoms with E-state index in [2.05, 4.69) is 10.3 Å². The molecule has 84 valence electrons. The van der Waals surface area contributed by atoms with E-state index in [9.17, 15) is 4.79 Å². The number of carbonyl (C=O) groups excluding carboxylic acids is 1. The third-order valence-electron chi connectivity index (χ3n) is 2.40. The quantitative estimate of drug-likeness (QED) is 0.613. The molecule has 0 atom stereocenters. The number of hydrogen-bond acceptors (Lipinski definition) is 4. The van der Waals surface area contributed by atoms with Crippen molar-refractivity contribution in [3.8, 4) is 5.75 Å². The second-order valence-corrected chi connectivity index (χ2v) is 3.66. The van der Waals surface area contributed by atoms with Gasteiger partial charge in [-0.05, 0) is 25.1 Å². The van der Waals surface area contributed by atoms with Crippen LogP contribution in [0.4, 0.5) is 0 Å². The van der Waals surface area contributed by atoms with Crippen molar-refractivity contribution < 1.29 is 9.53 Å². The van der Waals surface area contributed by atoms with E-state index in [1.165, 1.54) is 6.20 Å². The molecule has 0 bridgehead atoms. The van der Waals surface area contributed by atoms with Crippen LogP contribution in [0.5, 0.6) is 5.75 Å². The van der Waals surface area contributed by atoms with Gasteiger partial charge in [-0.1, -0.05) is 11.6 Å². The van der Waals surface area contributed by atoms with Crippen molar-refractivity contribution in [2.24, 2.45) is 0 Å². The molecule has 0 amide bonds. The number of pyridine rings is 1. The highest BCUT2D eigenvalue weighted by Crippen LogP contribution is 2.13. The lowest BCUT2D eigenvalue weighted by Gasteiger charge is -2.13. The molecule has 0 saturated heterocycles. The van der Waals surface area contributed by atoms with E-state index in [0.29, 0.717) is 12.2 Å². The number of rotatable bonds is 3. The van der Waals surface area contributed by atoms with E-state index in [-0.39, 0.29) is 5.97 Å². The first kappa shape index (κ1) is 10.8. The fourth-order valence-corrected chi connectivity index (χ4v) is 1.59. The van der Waals surface area contributed by atoms with E-state index in [4.69, 9.17) is 4.74 Å². The standard InChI is InChI=1S/C12H14N2O2/c15-12(8-10-3-6-13-7-4-10)16-11-2-1-5-14-9-11/h1-3,5,9,13H,4,6-8H2. The molecule has 0 aliphatic carbocycles. The van der Waals surface area contributed by atoms with E-state index in [1.54, 1.807) is 18.3 Å². The van der Waals surface area contributed by atoms with E-state index < -0.39 is 0 Å². The Kier molecular flexibility index (Phi) is 3.66. The summed E-state index contributed by atoms with van der Waals surface area (Å²) in [5, 5.41) is 3.20. The number of carbonyl (C=O) groups is 1. The maximum Gasteiger partial charge on any atom is 0.315 e. The Morgan fingerprint density at radius 1 is 1.56 bits per heavy atom. The van der Waals surface area contributed by atoms with Crippen LogP contribution < -0.4 is 10.1 Å². The van der Waals surface area contributed by atoms with Crippen LogP contribution in [-0.4, -0.2) is 24.0 Å². The predicted molar refractivity (Wildman–Crippen MR) is 60.1 cm³/mol. The summed E-state index contributed by atoms with van der Waals surface area (Å²) in [4.78, 5) is 15.5. The summed E-state index contributed by atoms with van der Waals surface area (Å²) in [6.45, 7) is 1.78. The van der Waals surface area contributed by atoms with Gasteiger partial charge in [-0.15, -0.1) is 0 Å². The Morgan fingerprint density at radius 2 is 2.50 bits per heavy atom. The van der Waals surface area contributed by atoms with Crippen LogP contribution in [-0.2, 0) is 4.79 Å². The lowest BCUT2D eigenvalue weighted by Crippen LogP contribution is -2.22. The molecule has 2 heterocycles. The van der Waals surface area contributed by atoms with Crippen LogP contribution >= 0.6 is 0 Å². The van der Waals surface area contributed by atoms with Gasteiger partial charge in [0.2, 0.25) is 0 Å². The first-order valence-electron chi connectivity index (χ1n) is 5.34. The maximum absolute atomic E-state index is 11.6. The molecule has 1 aliphatic heterocycles. The first-order chi connectivity index (χ1) is 7.84. The Labute approximate surface area is 94.3 Å². The van der Waals surface area contributed by atoms with Crippen molar-refractivity contribution in [3.63, 3.8) is 0 Å². The molecular weight excluding hydrogens is 204 g/mol. The molecule has 0 radical (unpaired) electrons. The molecule has 1 aliphatic rings. The van der Waals surface area contributed by atoms with E-state index in [0.717, 1.165) is 25.1 Å². The molecule has 0 unspecified atom stereocenters. The molecule has 0 fully saturated rings. The van der Waals surface area contributed by atoms with Gasteiger partial charge in [0, 0.05) is 12.7 Å². The lowest BCUT2D eigenvalue weighted by atomic mass is 10.1. The Hall–Kier alpha value is -1.68. The second-order valence-electron chi connectivity index (χ2n) is 3.66. The monoisotopic (exact) mass is 218 g/mol. The average Bonchev–Trinajstić information content (AvgIpc) is 2.31. The number of ether oxygens (including phenoxy) is 1. The minimum absolute atomic E-state index is 0.221. The van der Waals surface area contributed by atoms with Gasteiger partial charge in [-0.25, -0.2) is 0 Å². The van der Waals surface area contributed by atoms with Gasteiger partial charge in [0.15, 0.2) is 0 Å². The fraction of sp³-hybridized carbons (Fsp3) is 0.333. The highest BCUT2D eigenvalue weighted by molar-refractivity contribution is 5.75. The van der Waals surface area contributed by atoms with Crippen LogP contribution in [0, 0.1) is 0 Å². The summed E-state index contributed by atoms with van der Waals surface area (Å²) in [5.74, 6) is 0.281.